The summed E-state index contributed by atoms with van der Waals surface area (Å²) in [5.41, 5.74) is 3.91. The van der Waals surface area contributed by atoms with E-state index in [2.05, 4.69) is 27.2 Å². The molecule has 0 saturated heterocycles. The number of nitrogens with zero attached hydrogens (tertiary/aromatic N) is 5. The molecule has 1 amide bonds. The summed E-state index contributed by atoms with van der Waals surface area (Å²) < 4.78 is 21.1. The predicted molar refractivity (Wildman–Crippen MR) is 153 cm³/mol. The van der Waals surface area contributed by atoms with E-state index in [9.17, 15) is 14.4 Å². The molecule has 4 aromatic rings. The van der Waals surface area contributed by atoms with Crippen molar-refractivity contribution in [1.82, 2.24) is 14.5 Å². The third-order valence-electron chi connectivity index (χ3n) is 6.28. The fourth-order valence-electron chi connectivity index (χ4n) is 4.20. The van der Waals surface area contributed by atoms with Gasteiger partial charge in [0.05, 0.1) is 57.1 Å². The molecule has 0 fully saturated rings. The van der Waals surface area contributed by atoms with Crippen molar-refractivity contribution in [3.63, 3.8) is 0 Å². The second-order valence-corrected chi connectivity index (χ2v) is 9.69. The number of halogens is 1. The minimum Gasteiger partial charge on any atom is -0.633 e. The number of aryl methyl sites for hydroxylation is 1. The van der Waals surface area contributed by atoms with Crippen LogP contribution in [0.15, 0.2) is 61.4 Å². The molecule has 0 aliphatic carbocycles. The zero-order valence-corrected chi connectivity index (χ0v) is 22.7. The summed E-state index contributed by atoms with van der Waals surface area (Å²) in [6.45, 7) is 4.32. The molecule has 0 aliphatic rings. The van der Waals surface area contributed by atoms with Crippen LogP contribution in [0.1, 0.15) is 0 Å². The Bertz CT molecular complexity index is 1530. The van der Waals surface area contributed by atoms with Gasteiger partial charge in [-0.1, -0.05) is 6.58 Å². The molecule has 2 N–H and O–H groups in total. The van der Waals surface area contributed by atoms with Gasteiger partial charge in [0, 0.05) is 49.0 Å². The van der Waals surface area contributed by atoms with E-state index in [1.807, 2.05) is 29.8 Å². The molecule has 0 spiro atoms. The molecule has 0 saturated carbocycles. The number of fused-ring (bicyclic) bond motifs is 1. The number of ether oxygens (including phenoxy) is 1. The molecule has 204 valence electrons. The van der Waals surface area contributed by atoms with E-state index in [1.54, 1.807) is 44.6 Å². The number of nitrogens with one attached hydrogen (secondary N) is 2. The fraction of sp³-hybridized carbons (Fsp3) is 0.250. The van der Waals surface area contributed by atoms with Gasteiger partial charge >= 0.3 is 0 Å². The molecule has 2 aromatic carbocycles. The van der Waals surface area contributed by atoms with Crippen LogP contribution in [-0.4, -0.2) is 66.4 Å². The maximum atomic E-state index is 14.0. The Morgan fingerprint density at radius 3 is 2.72 bits per heavy atom. The smallest absolute Gasteiger partial charge is 0.247 e. The number of likely N-dealkylation sites (N-methyl/N-ethyl adjacent to an activating group) is 2. The van der Waals surface area contributed by atoms with Crippen molar-refractivity contribution < 1.29 is 18.6 Å². The highest BCUT2D eigenvalue weighted by Gasteiger charge is 2.18. The van der Waals surface area contributed by atoms with Gasteiger partial charge in [0.15, 0.2) is 0 Å². The van der Waals surface area contributed by atoms with E-state index >= 15 is 0 Å². The lowest BCUT2D eigenvalue weighted by atomic mass is 10.1. The number of amides is 1. The standard InChI is InChI=1S/C28H32FN7O3/c1-7-27(37)31-22-15-23(26(39-6)16-25(22)34(2)12-13-36(4,5)38)33-28-30-11-10-21(32-28)20-17-35(3)24-9-8-18(29)14-19(20)24/h7-11,14-17H,1,12-13H2,2-6H3,(H,31,37)(H,30,32,33). The summed E-state index contributed by atoms with van der Waals surface area (Å²) in [5, 5.41) is 18.8. The van der Waals surface area contributed by atoms with Crippen LogP contribution in [0.25, 0.3) is 22.2 Å². The van der Waals surface area contributed by atoms with Crippen LogP contribution >= 0.6 is 0 Å². The highest BCUT2D eigenvalue weighted by Crippen LogP contribution is 2.38. The van der Waals surface area contributed by atoms with Crippen molar-refractivity contribution in [3.8, 4) is 17.0 Å². The molecular formula is C28H32FN7O3. The number of benzene rings is 2. The first-order valence-electron chi connectivity index (χ1n) is 12.2. The Hall–Kier alpha value is -4.48. The lowest BCUT2D eigenvalue weighted by Crippen LogP contribution is -2.39. The first-order valence-corrected chi connectivity index (χ1v) is 12.2. The molecular weight excluding hydrogens is 501 g/mol. The molecule has 2 aromatic heterocycles. The first kappa shape index (κ1) is 27.6. The van der Waals surface area contributed by atoms with Crippen LogP contribution in [0.4, 0.5) is 27.4 Å². The second-order valence-electron chi connectivity index (χ2n) is 9.69. The number of quaternary nitrogens is 1. The molecule has 0 unspecified atom stereocenters. The molecule has 2 heterocycles. The summed E-state index contributed by atoms with van der Waals surface area (Å²) in [6, 6.07) is 9.88. The Morgan fingerprint density at radius 2 is 2.03 bits per heavy atom. The third-order valence-corrected chi connectivity index (χ3v) is 6.28. The van der Waals surface area contributed by atoms with Crippen LogP contribution in [-0.2, 0) is 11.8 Å². The van der Waals surface area contributed by atoms with Gasteiger partial charge in [-0.25, -0.2) is 14.4 Å². The Kier molecular flexibility index (Phi) is 7.84. The highest BCUT2D eigenvalue weighted by molar-refractivity contribution is 6.02. The van der Waals surface area contributed by atoms with Crippen molar-refractivity contribution in [2.75, 3.05) is 56.9 Å². The van der Waals surface area contributed by atoms with E-state index in [4.69, 9.17) is 4.74 Å². The van der Waals surface area contributed by atoms with Crippen LogP contribution < -0.4 is 20.3 Å². The SMILES string of the molecule is C=CC(=O)Nc1cc(Nc2nccc(-c3cn(C)c4ccc(F)cc34)n2)c(OC)cc1N(C)CC[N+](C)(C)[O-]. The summed E-state index contributed by atoms with van der Waals surface area (Å²) in [4.78, 5) is 23.1. The van der Waals surface area contributed by atoms with Crippen molar-refractivity contribution in [3.05, 3.63) is 72.5 Å². The first-order chi connectivity index (χ1) is 18.5. The molecule has 0 aliphatic heterocycles. The second kappa shape index (κ2) is 11.1. The number of hydroxylamine groups is 3. The lowest BCUT2D eigenvalue weighted by Gasteiger charge is -2.36. The van der Waals surface area contributed by atoms with Crippen molar-refractivity contribution >= 4 is 39.8 Å². The minimum atomic E-state index is -0.452. The van der Waals surface area contributed by atoms with Crippen LogP contribution in [0.3, 0.4) is 0 Å². The van der Waals surface area contributed by atoms with Gasteiger partial charge < -0.3 is 34.7 Å². The number of hydrogen-bond donors (Lipinski definition) is 2. The Morgan fingerprint density at radius 1 is 1.26 bits per heavy atom. The molecule has 0 atom stereocenters. The number of anilines is 4. The monoisotopic (exact) mass is 533 g/mol. The molecule has 0 radical (unpaired) electrons. The maximum absolute atomic E-state index is 14.0. The number of hydrogen-bond acceptors (Lipinski definition) is 7. The van der Waals surface area contributed by atoms with Crippen LogP contribution in [0, 0.1) is 11.0 Å². The average molecular weight is 534 g/mol. The average Bonchev–Trinajstić information content (AvgIpc) is 3.22. The van der Waals surface area contributed by atoms with E-state index in [1.165, 1.54) is 25.3 Å². The quantitative estimate of drug-likeness (QED) is 0.173. The molecule has 11 heteroatoms. The number of rotatable bonds is 10. The van der Waals surface area contributed by atoms with Crippen LogP contribution in [0.5, 0.6) is 5.75 Å². The molecule has 39 heavy (non-hydrogen) atoms. The predicted octanol–water partition coefficient (Wildman–Crippen LogP) is 4.66. The van der Waals surface area contributed by atoms with Gasteiger partial charge in [-0.05, 0) is 36.4 Å². The van der Waals surface area contributed by atoms with Gasteiger partial charge in [-0.3, -0.25) is 4.79 Å². The van der Waals surface area contributed by atoms with E-state index in [-0.39, 0.29) is 17.7 Å². The molecule has 10 nitrogen and oxygen atoms in total. The number of carbonyl (C=O) groups is 1. The summed E-state index contributed by atoms with van der Waals surface area (Å²) in [7, 11) is 8.41. The third kappa shape index (κ3) is 6.33. The fourth-order valence-corrected chi connectivity index (χ4v) is 4.20. The number of methoxy groups -OCH3 is 1. The largest absolute Gasteiger partial charge is 0.633 e. The zero-order valence-electron chi connectivity index (χ0n) is 22.7. The van der Waals surface area contributed by atoms with Gasteiger partial charge in [0.25, 0.3) is 0 Å². The number of aromatic nitrogens is 3. The topological polar surface area (TPSA) is 107 Å². The summed E-state index contributed by atoms with van der Waals surface area (Å²) >= 11 is 0. The summed E-state index contributed by atoms with van der Waals surface area (Å²) in [6.07, 6.45) is 4.69. The lowest BCUT2D eigenvalue weighted by molar-refractivity contribution is -0.838. The van der Waals surface area contributed by atoms with Gasteiger partial charge in [0.1, 0.15) is 11.6 Å². The van der Waals surface area contributed by atoms with E-state index < -0.39 is 4.65 Å². The normalized spacial score (nSPS) is 11.4. The van der Waals surface area contributed by atoms with Crippen LogP contribution in [0.2, 0.25) is 0 Å². The maximum Gasteiger partial charge on any atom is 0.247 e. The molecule has 4 rings (SSSR count). The van der Waals surface area contributed by atoms with E-state index in [0.717, 1.165) is 16.5 Å². The van der Waals surface area contributed by atoms with Gasteiger partial charge in [0.2, 0.25) is 11.9 Å². The van der Waals surface area contributed by atoms with Gasteiger partial charge in [-0.2, -0.15) is 0 Å². The number of carbonyl (C=O) groups excluding carboxylic acids is 1. The molecule has 0 bridgehead atoms. The van der Waals surface area contributed by atoms with Crippen molar-refractivity contribution in [2.24, 2.45) is 7.05 Å². The Balaban J connectivity index is 1.71. The van der Waals surface area contributed by atoms with Crippen molar-refractivity contribution in [1.29, 1.82) is 0 Å². The highest BCUT2D eigenvalue weighted by atomic mass is 19.1. The Labute approximate surface area is 226 Å². The summed E-state index contributed by atoms with van der Waals surface area (Å²) in [5.74, 6) is 0.0448. The minimum absolute atomic E-state index is 0.284. The van der Waals surface area contributed by atoms with Gasteiger partial charge in [-0.15, -0.1) is 0 Å². The van der Waals surface area contributed by atoms with E-state index in [0.29, 0.717) is 41.6 Å². The van der Waals surface area contributed by atoms with Crippen molar-refractivity contribution in [2.45, 2.75) is 0 Å². The zero-order chi connectivity index (χ0) is 28.3.